The topological polar surface area (TPSA) is 43.0 Å². The molecule has 0 aromatic rings. The molecule has 5 nitrogen and oxygen atoms in total. The molecule has 2 aliphatic rings. The lowest BCUT2D eigenvalue weighted by molar-refractivity contribution is -0.0346. The third kappa shape index (κ3) is 2.82. The molecule has 0 amide bonds. The molecule has 1 N–H and O–H groups in total. The Labute approximate surface area is 116 Å². The van der Waals surface area contributed by atoms with Crippen LogP contribution in [0.5, 0.6) is 0 Å². The molecule has 0 aliphatic carbocycles. The molecule has 0 aromatic carbocycles. The number of ether oxygens (including phenoxy) is 1. The number of nitrogens with one attached hydrogen (secondary N) is 1. The second-order valence-corrected chi connectivity index (χ2v) is 6.09. The number of nitrogens with zero attached hydrogens (tertiary/aromatic N) is 1. The van der Waals surface area contributed by atoms with Crippen LogP contribution in [0.15, 0.2) is 11.7 Å². The van der Waals surface area contributed by atoms with Crippen molar-refractivity contribution in [3.05, 3.63) is 11.7 Å². The molecule has 1 atom stereocenters. The summed E-state index contributed by atoms with van der Waals surface area (Å²) in [6.07, 6.45) is 2.03. The molecule has 1 unspecified atom stereocenters. The zero-order chi connectivity index (χ0) is 14.3. The van der Waals surface area contributed by atoms with Crippen LogP contribution in [0.25, 0.3) is 0 Å². The lowest BCUT2D eigenvalue weighted by Crippen LogP contribution is -2.41. The Bertz CT molecular complexity index is 355. The van der Waals surface area contributed by atoms with E-state index in [2.05, 4.69) is 33.1 Å². The maximum atomic E-state index is 6.04. The van der Waals surface area contributed by atoms with Gasteiger partial charge in [0.05, 0.1) is 11.2 Å². The van der Waals surface area contributed by atoms with Gasteiger partial charge >= 0.3 is 7.12 Å². The van der Waals surface area contributed by atoms with E-state index in [4.69, 9.17) is 14.0 Å². The summed E-state index contributed by atoms with van der Waals surface area (Å²) in [5, 5.41) is 1.96. The molecule has 1 saturated heterocycles. The molecule has 0 bridgehead atoms. The Morgan fingerprint density at radius 3 is 2.47 bits per heavy atom. The molecular formula is C13H25BN2O3. The zero-order valence-corrected chi connectivity index (χ0v) is 12.8. The minimum Gasteiger partial charge on any atom is -0.399 e. The van der Waals surface area contributed by atoms with Crippen molar-refractivity contribution in [2.45, 2.75) is 59.0 Å². The van der Waals surface area contributed by atoms with E-state index in [0.717, 1.165) is 12.0 Å². The van der Waals surface area contributed by atoms with Crippen molar-refractivity contribution in [1.29, 1.82) is 0 Å². The van der Waals surface area contributed by atoms with Crippen LogP contribution in [0, 0.1) is 0 Å². The van der Waals surface area contributed by atoms with E-state index in [9.17, 15) is 0 Å². The summed E-state index contributed by atoms with van der Waals surface area (Å²) in [7, 11) is -0.281. The quantitative estimate of drug-likeness (QED) is 0.786. The van der Waals surface area contributed by atoms with Gasteiger partial charge in [-0.2, -0.15) is 0 Å². The van der Waals surface area contributed by atoms with E-state index in [1.165, 1.54) is 0 Å². The van der Waals surface area contributed by atoms with Crippen LogP contribution in [0.1, 0.15) is 41.5 Å². The van der Waals surface area contributed by atoms with Crippen molar-refractivity contribution in [2.24, 2.45) is 0 Å². The summed E-state index contributed by atoms with van der Waals surface area (Å²) < 4.78 is 17.6. The summed E-state index contributed by atoms with van der Waals surface area (Å²) in [5.74, 6) is 0. The van der Waals surface area contributed by atoms with Gasteiger partial charge in [-0.1, -0.05) is 0 Å². The molecule has 1 fully saturated rings. The van der Waals surface area contributed by atoms with Gasteiger partial charge < -0.3 is 14.0 Å². The van der Waals surface area contributed by atoms with E-state index in [0.29, 0.717) is 6.61 Å². The second kappa shape index (κ2) is 5.09. The summed E-state index contributed by atoms with van der Waals surface area (Å²) in [6, 6.07) is 0. The third-order valence-corrected chi connectivity index (χ3v) is 4.13. The van der Waals surface area contributed by atoms with Gasteiger partial charge in [0.1, 0.15) is 6.23 Å². The SMILES string of the molecule is CCOC(C)N1C=C(B2OC(C)(C)C(C)(C)O2)CN1. The van der Waals surface area contributed by atoms with Gasteiger partial charge in [0.15, 0.2) is 0 Å². The largest absolute Gasteiger partial charge is 0.493 e. The fourth-order valence-corrected chi connectivity index (χ4v) is 2.15. The average Bonchev–Trinajstić information content (AvgIpc) is 2.83. The minimum absolute atomic E-state index is 0.00456. The first kappa shape index (κ1) is 14.8. The van der Waals surface area contributed by atoms with Crippen molar-refractivity contribution < 1.29 is 14.0 Å². The first-order valence-corrected chi connectivity index (χ1v) is 6.96. The van der Waals surface area contributed by atoms with Crippen molar-refractivity contribution in [3.8, 4) is 0 Å². The third-order valence-electron chi connectivity index (χ3n) is 4.13. The highest BCUT2D eigenvalue weighted by atomic mass is 16.7. The first-order valence-electron chi connectivity index (χ1n) is 6.96. The van der Waals surface area contributed by atoms with Gasteiger partial charge in [0, 0.05) is 19.4 Å². The normalized spacial score (nSPS) is 26.7. The van der Waals surface area contributed by atoms with Crippen molar-refractivity contribution in [1.82, 2.24) is 10.4 Å². The average molecular weight is 268 g/mol. The van der Waals surface area contributed by atoms with Gasteiger partial charge in [-0.25, -0.2) is 5.43 Å². The molecule has 19 heavy (non-hydrogen) atoms. The molecule has 2 rings (SSSR count). The molecule has 0 aromatic heterocycles. The van der Waals surface area contributed by atoms with E-state index >= 15 is 0 Å². The lowest BCUT2D eigenvalue weighted by Gasteiger charge is -2.32. The maximum absolute atomic E-state index is 6.04. The highest BCUT2D eigenvalue weighted by Crippen LogP contribution is 2.38. The number of rotatable bonds is 4. The summed E-state index contributed by atoms with van der Waals surface area (Å²) in [6.45, 7) is 13.7. The van der Waals surface area contributed by atoms with E-state index in [-0.39, 0.29) is 24.5 Å². The van der Waals surface area contributed by atoms with Gasteiger partial charge in [0.2, 0.25) is 0 Å². The lowest BCUT2D eigenvalue weighted by atomic mass is 9.79. The van der Waals surface area contributed by atoms with Crippen molar-refractivity contribution >= 4 is 7.12 Å². The van der Waals surface area contributed by atoms with Gasteiger partial charge in [0.25, 0.3) is 0 Å². The van der Waals surface area contributed by atoms with Crippen molar-refractivity contribution in [3.63, 3.8) is 0 Å². The molecule has 6 heteroatoms. The van der Waals surface area contributed by atoms with Gasteiger partial charge in [-0.3, -0.25) is 5.01 Å². The Hall–Kier alpha value is -0.555. The van der Waals surface area contributed by atoms with Crippen LogP contribution < -0.4 is 5.43 Å². The van der Waals surface area contributed by atoms with E-state index < -0.39 is 0 Å². The zero-order valence-electron chi connectivity index (χ0n) is 12.8. The molecule has 2 aliphatic heterocycles. The Kier molecular flexibility index (Phi) is 3.98. The Balaban J connectivity index is 2.03. The number of hydrogen-bond acceptors (Lipinski definition) is 5. The van der Waals surface area contributed by atoms with E-state index in [1.54, 1.807) is 0 Å². The highest BCUT2D eigenvalue weighted by Gasteiger charge is 2.52. The fourth-order valence-electron chi connectivity index (χ4n) is 2.15. The van der Waals surface area contributed by atoms with Crippen LogP contribution in [-0.4, -0.2) is 42.7 Å². The fraction of sp³-hybridized carbons (Fsp3) is 0.846. The second-order valence-electron chi connectivity index (χ2n) is 6.09. The van der Waals surface area contributed by atoms with Gasteiger partial charge in [-0.05, 0) is 47.0 Å². The number of hydrogen-bond donors (Lipinski definition) is 1. The monoisotopic (exact) mass is 268 g/mol. The Morgan fingerprint density at radius 1 is 1.37 bits per heavy atom. The van der Waals surface area contributed by atoms with Crippen molar-refractivity contribution in [2.75, 3.05) is 13.2 Å². The molecular weight excluding hydrogens is 243 g/mol. The smallest absolute Gasteiger partial charge is 0.399 e. The number of hydrazine groups is 1. The summed E-state index contributed by atoms with van der Waals surface area (Å²) in [4.78, 5) is 0. The molecule has 0 radical (unpaired) electrons. The maximum Gasteiger partial charge on any atom is 0.493 e. The summed E-state index contributed by atoms with van der Waals surface area (Å²) in [5.41, 5.74) is 3.79. The van der Waals surface area contributed by atoms with Crippen LogP contribution >= 0.6 is 0 Å². The van der Waals surface area contributed by atoms with Crippen LogP contribution in [0.2, 0.25) is 0 Å². The van der Waals surface area contributed by atoms with Gasteiger partial charge in [-0.15, -0.1) is 0 Å². The van der Waals surface area contributed by atoms with Crippen LogP contribution in [-0.2, 0) is 14.0 Å². The molecule has 2 heterocycles. The molecule has 0 saturated carbocycles. The standard InChI is InChI=1S/C13H25BN2O3/c1-7-17-10(2)16-9-11(8-15-16)14-18-12(3,4)13(5,6)19-14/h9-10,15H,7-8H2,1-6H3. The predicted molar refractivity (Wildman–Crippen MR) is 75.1 cm³/mol. The summed E-state index contributed by atoms with van der Waals surface area (Å²) >= 11 is 0. The predicted octanol–water partition coefficient (Wildman–Crippen LogP) is 1.70. The van der Waals surface area contributed by atoms with E-state index in [1.807, 2.05) is 25.1 Å². The molecule has 108 valence electrons. The van der Waals surface area contributed by atoms with Crippen LogP contribution in [0.4, 0.5) is 0 Å². The first-order chi connectivity index (χ1) is 8.77. The molecule has 0 spiro atoms. The van der Waals surface area contributed by atoms with Crippen LogP contribution in [0.3, 0.4) is 0 Å². The highest BCUT2D eigenvalue weighted by molar-refractivity contribution is 6.54. The Morgan fingerprint density at radius 2 is 1.95 bits per heavy atom. The minimum atomic E-state index is -0.294.